The lowest BCUT2D eigenvalue weighted by Gasteiger charge is -2.11. The summed E-state index contributed by atoms with van der Waals surface area (Å²) in [5.74, 6) is 0.0537. The predicted molar refractivity (Wildman–Crippen MR) is 77.4 cm³/mol. The van der Waals surface area contributed by atoms with Crippen LogP contribution in [0.2, 0.25) is 5.02 Å². The Morgan fingerprint density at radius 3 is 2.21 bits per heavy atom. The van der Waals surface area contributed by atoms with E-state index in [-0.39, 0.29) is 11.8 Å². The molecular weight excluding hydrogens is 258 g/mol. The Bertz CT molecular complexity index is 599. The third-order valence-corrected chi connectivity index (χ3v) is 3.88. The molecule has 0 saturated carbocycles. The summed E-state index contributed by atoms with van der Waals surface area (Å²) in [6.07, 6.45) is 1.62. The predicted octanol–water partition coefficient (Wildman–Crippen LogP) is 3.69. The number of carbonyl (C=O) groups is 1. The second kappa shape index (κ2) is 5.06. The molecule has 2 nitrogen and oxygen atoms in total. The Kier molecular flexibility index (Phi) is 3.26. The van der Waals surface area contributed by atoms with Crippen molar-refractivity contribution in [3.63, 3.8) is 0 Å². The molecule has 0 bridgehead atoms. The number of hydrogen-bond acceptors (Lipinski definition) is 1. The molecule has 0 aliphatic heterocycles. The third-order valence-electron chi connectivity index (χ3n) is 3.55. The highest BCUT2D eigenvalue weighted by molar-refractivity contribution is 6.33. The van der Waals surface area contributed by atoms with Crippen LogP contribution in [-0.2, 0) is 17.6 Å². The van der Waals surface area contributed by atoms with Gasteiger partial charge < -0.3 is 5.32 Å². The molecule has 0 saturated heterocycles. The first-order valence-electron chi connectivity index (χ1n) is 6.36. The summed E-state index contributed by atoms with van der Waals surface area (Å²) < 4.78 is 0. The van der Waals surface area contributed by atoms with Gasteiger partial charge in [-0.25, -0.2) is 0 Å². The van der Waals surface area contributed by atoms with Crippen molar-refractivity contribution >= 4 is 23.2 Å². The van der Waals surface area contributed by atoms with Crippen LogP contribution in [0.3, 0.4) is 0 Å². The Hall–Kier alpha value is -1.80. The average Bonchev–Trinajstić information content (AvgIpc) is 2.85. The standard InChI is InChI=1S/C16H14ClNO/c17-14-7-3-4-8-15(14)18-16(19)13-9-11-5-1-2-6-12(11)10-13/h1-8,13H,9-10H2,(H,18,19). The van der Waals surface area contributed by atoms with E-state index in [0.717, 1.165) is 12.8 Å². The fraction of sp³-hybridized carbons (Fsp3) is 0.188. The van der Waals surface area contributed by atoms with Gasteiger partial charge in [-0.1, -0.05) is 48.0 Å². The zero-order valence-electron chi connectivity index (χ0n) is 10.4. The quantitative estimate of drug-likeness (QED) is 0.887. The molecule has 3 rings (SSSR count). The summed E-state index contributed by atoms with van der Waals surface area (Å²) in [5.41, 5.74) is 3.24. The molecule has 3 heteroatoms. The van der Waals surface area contributed by atoms with E-state index in [1.54, 1.807) is 6.07 Å². The fourth-order valence-corrected chi connectivity index (χ4v) is 2.72. The SMILES string of the molecule is O=C(Nc1ccccc1Cl)C1Cc2ccccc2C1. The van der Waals surface area contributed by atoms with Crippen molar-refractivity contribution in [1.82, 2.24) is 0 Å². The van der Waals surface area contributed by atoms with Gasteiger partial charge in [-0.15, -0.1) is 0 Å². The first-order chi connectivity index (χ1) is 9.24. The number of hydrogen-bond donors (Lipinski definition) is 1. The number of carbonyl (C=O) groups excluding carboxylic acids is 1. The van der Waals surface area contributed by atoms with Gasteiger partial charge in [0.25, 0.3) is 0 Å². The van der Waals surface area contributed by atoms with Gasteiger partial charge in [0.1, 0.15) is 0 Å². The van der Waals surface area contributed by atoms with E-state index in [4.69, 9.17) is 11.6 Å². The molecule has 0 fully saturated rings. The van der Waals surface area contributed by atoms with Gasteiger partial charge in [0.15, 0.2) is 0 Å². The van der Waals surface area contributed by atoms with Gasteiger partial charge in [0.05, 0.1) is 10.7 Å². The van der Waals surface area contributed by atoms with Gasteiger partial charge in [-0.05, 0) is 36.1 Å². The van der Waals surface area contributed by atoms with E-state index in [1.807, 2.05) is 30.3 Å². The smallest absolute Gasteiger partial charge is 0.228 e. The largest absolute Gasteiger partial charge is 0.325 e. The normalized spacial score (nSPS) is 14.2. The van der Waals surface area contributed by atoms with Crippen LogP contribution in [0.1, 0.15) is 11.1 Å². The van der Waals surface area contributed by atoms with E-state index in [9.17, 15) is 4.79 Å². The van der Waals surface area contributed by atoms with Gasteiger partial charge in [0, 0.05) is 5.92 Å². The molecule has 0 spiro atoms. The second-order valence-electron chi connectivity index (χ2n) is 4.84. The van der Waals surface area contributed by atoms with Crippen LogP contribution in [0.4, 0.5) is 5.69 Å². The zero-order valence-corrected chi connectivity index (χ0v) is 11.2. The van der Waals surface area contributed by atoms with Gasteiger partial charge in [0.2, 0.25) is 5.91 Å². The summed E-state index contributed by atoms with van der Waals surface area (Å²) in [4.78, 5) is 12.3. The number of rotatable bonds is 2. The first-order valence-corrected chi connectivity index (χ1v) is 6.74. The number of anilines is 1. The molecule has 96 valence electrons. The molecule has 0 aromatic heterocycles. The van der Waals surface area contributed by atoms with E-state index in [0.29, 0.717) is 10.7 Å². The monoisotopic (exact) mass is 271 g/mol. The van der Waals surface area contributed by atoms with Crippen LogP contribution in [0, 0.1) is 5.92 Å². The minimum absolute atomic E-state index is 0.00803. The summed E-state index contributed by atoms with van der Waals surface area (Å²) in [7, 11) is 0. The van der Waals surface area contributed by atoms with Crippen molar-refractivity contribution < 1.29 is 4.79 Å². The van der Waals surface area contributed by atoms with Crippen LogP contribution in [0.5, 0.6) is 0 Å². The Labute approximate surface area is 117 Å². The lowest BCUT2D eigenvalue weighted by Crippen LogP contribution is -2.23. The first kappa shape index (κ1) is 12.2. The van der Waals surface area contributed by atoms with Crippen LogP contribution in [-0.4, -0.2) is 5.91 Å². The van der Waals surface area contributed by atoms with Crippen molar-refractivity contribution in [2.24, 2.45) is 5.92 Å². The number of para-hydroxylation sites is 1. The van der Waals surface area contributed by atoms with Crippen molar-refractivity contribution in [3.8, 4) is 0 Å². The topological polar surface area (TPSA) is 29.1 Å². The molecule has 2 aromatic rings. The van der Waals surface area contributed by atoms with Crippen LogP contribution < -0.4 is 5.32 Å². The fourth-order valence-electron chi connectivity index (χ4n) is 2.54. The molecular formula is C16H14ClNO. The van der Waals surface area contributed by atoms with Crippen molar-refractivity contribution in [1.29, 1.82) is 0 Å². The molecule has 0 radical (unpaired) electrons. The molecule has 1 aliphatic rings. The summed E-state index contributed by atoms with van der Waals surface area (Å²) in [5, 5.41) is 3.49. The summed E-state index contributed by atoms with van der Waals surface area (Å²) in [6, 6.07) is 15.5. The third kappa shape index (κ3) is 2.49. The lowest BCUT2D eigenvalue weighted by molar-refractivity contribution is -0.119. The summed E-state index contributed by atoms with van der Waals surface area (Å²) in [6.45, 7) is 0. The highest BCUT2D eigenvalue weighted by Gasteiger charge is 2.27. The molecule has 1 amide bonds. The van der Waals surface area contributed by atoms with Gasteiger partial charge in [-0.3, -0.25) is 4.79 Å². The van der Waals surface area contributed by atoms with Gasteiger partial charge >= 0.3 is 0 Å². The molecule has 1 N–H and O–H groups in total. The van der Waals surface area contributed by atoms with E-state index < -0.39 is 0 Å². The number of halogens is 1. The van der Waals surface area contributed by atoms with Crippen LogP contribution in [0.15, 0.2) is 48.5 Å². The van der Waals surface area contributed by atoms with Crippen LogP contribution >= 0.6 is 11.6 Å². The Balaban J connectivity index is 1.72. The molecule has 1 aliphatic carbocycles. The molecule has 2 aromatic carbocycles. The van der Waals surface area contributed by atoms with E-state index in [1.165, 1.54) is 11.1 Å². The maximum Gasteiger partial charge on any atom is 0.228 e. The van der Waals surface area contributed by atoms with Crippen molar-refractivity contribution in [2.75, 3.05) is 5.32 Å². The molecule has 19 heavy (non-hydrogen) atoms. The summed E-state index contributed by atoms with van der Waals surface area (Å²) >= 11 is 6.05. The minimum atomic E-state index is 0.00803. The van der Waals surface area contributed by atoms with Crippen molar-refractivity contribution in [3.05, 3.63) is 64.7 Å². The maximum atomic E-state index is 12.3. The number of benzene rings is 2. The van der Waals surface area contributed by atoms with E-state index >= 15 is 0 Å². The number of nitrogens with one attached hydrogen (secondary N) is 1. The zero-order chi connectivity index (χ0) is 13.2. The van der Waals surface area contributed by atoms with Gasteiger partial charge in [-0.2, -0.15) is 0 Å². The minimum Gasteiger partial charge on any atom is -0.325 e. The lowest BCUT2D eigenvalue weighted by atomic mass is 10.1. The number of fused-ring (bicyclic) bond motifs is 1. The molecule has 0 unspecified atom stereocenters. The van der Waals surface area contributed by atoms with Crippen molar-refractivity contribution in [2.45, 2.75) is 12.8 Å². The molecule has 0 atom stereocenters. The molecule has 0 heterocycles. The Morgan fingerprint density at radius 2 is 1.58 bits per heavy atom. The number of amides is 1. The van der Waals surface area contributed by atoms with Crippen LogP contribution in [0.25, 0.3) is 0 Å². The highest BCUT2D eigenvalue weighted by atomic mass is 35.5. The highest BCUT2D eigenvalue weighted by Crippen LogP contribution is 2.28. The average molecular weight is 272 g/mol. The van der Waals surface area contributed by atoms with E-state index in [2.05, 4.69) is 17.4 Å². The maximum absolute atomic E-state index is 12.3. The second-order valence-corrected chi connectivity index (χ2v) is 5.25. The Morgan fingerprint density at radius 1 is 1.00 bits per heavy atom.